The highest BCUT2D eigenvalue weighted by Gasteiger charge is 2.29. The average molecular weight is 403 g/mol. The maximum Gasteiger partial charge on any atom is 0.223 e. The average Bonchev–Trinajstić information content (AvgIpc) is 3.43. The summed E-state index contributed by atoms with van der Waals surface area (Å²) in [7, 11) is 0. The van der Waals surface area contributed by atoms with Crippen LogP contribution < -0.4 is 0 Å². The standard InChI is InChI=1S/C26H30N2O2/c1-19(2)17-20-10-12-22(13-11-20)24-18-27-25(30-24)14-15-26(29)28-16-6-9-23(28)21-7-4-3-5-8-21/h3-5,7-8,10-13,18-19,23H,6,9,14-17H2,1-2H3. The van der Waals surface area contributed by atoms with Crippen LogP contribution in [-0.2, 0) is 17.6 Å². The molecule has 0 bridgehead atoms. The fourth-order valence-corrected chi connectivity index (χ4v) is 4.28. The first-order valence-electron chi connectivity index (χ1n) is 11.0. The SMILES string of the molecule is CC(C)Cc1ccc(-c2cnc(CCC(=O)N3CCCC3c3ccccc3)o2)cc1. The molecule has 0 saturated carbocycles. The van der Waals surface area contributed by atoms with E-state index in [1.54, 1.807) is 6.20 Å². The van der Waals surface area contributed by atoms with Gasteiger partial charge in [-0.25, -0.2) is 4.98 Å². The van der Waals surface area contributed by atoms with Gasteiger partial charge in [0.2, 0.25) is 5.91 Å². The van der Waals surface area contributed by atoms with E-state index in [2.05, 4.69) is 55.2 Å². The Labute approximate surface area is 178 Å². The summed E-state index contributed by atoms with van der Waals surface area (Å²) in [6.45, 7) is 5.28. The highest BCUT2D eigenvalue weighted by atomic mass is 16.4. The second kappa shape index (κ2) is 9.29. The van der Waals surface area contributed by atoms with Crippen LogP contribution in [0.1, 0.15) is 56.2 Å². The smallest absolute Gasteiger partial charge is 0.223 e. The molecule has 0 aliphatic carbocycles. The molecule has 1 amide bonds. The van der Waals surface area contributed by atoms with Crippen LogP contribution in [0.5, 0.6) is 0 Å². The first kappa shape index (κ1) is 20.4. The minimum atomic E-state index is 0.180. The molecule has 2 aromatic carbocycles. The normalized spacial score (nSPS) is 16.4. The van der Waals surface area contributed by atoms with E-state index in [4.69, 9.17) is 4.42 Å². The Morgan fingerprint density at radius 2 is 1.90 bits per heavy atom. The van der Waals surface area contributed by atoms with Gasteiger partial charge in [-0.2, -0.15) is 0 Å². The molecule has 1 atom stereocenters. The number of benzene rings is 2. The Bertz CT molecular complexity index is 960. The maximum absolute atomic E-state index is 12.9. The Hall–Kier alpha value is -2.88. The Morgan fingerprint density at radius 3 is 2.63 bits per heavy atom. The predicted molar refractivity (Wildman–Crippen MR) is 119 cm³/mol. The monoisotopic (exact) mass is 402 g/mol. The number of likely N-dealkylation sites (tertiary alicyclic amines) is 1. The summed E-state index contributed by atoms with van der Waals surface area (Å²) in [5.41, 5.74) is 3.58. The quantitative estimate of drug-likeness (QED) is 0.499. The zero-order chi connectivity index (χ0) is 20.9. The largest absolute Gasteiger partial charge is 0.441 e. The fourth-order valence-electron chi connectivity index (χ4n) is 4.28. The molecule has 156 valence electrons. The van der Waals surface area contributed by atoms with E-state index >= 15 is 0 Å². The molecule has 4 nitrogen and oxygen atoms in total. The van der Waals surface area contributed by atoms with E-state index in [0.717, 1.165) is 37.1 Å². The summed E-state index contributed by atoms with van der Waals surface area (Å²) in [4.78, 5) is 19.3. The van der Waals surface area contributed by atoms with Crippen molar-refractivity contribution in [3.63, 3.8) is 0 Å². The van der Waals surface area contributed by atoms with E-state index in [-0.39, 0.29) is 11.9 Å². The van der Waals surface area contributed by atoms with Crippen molar-refractivity contribution in [3.8, 4) is 11.3 Å². The zero-order valence-corrected chi connectivity index (χ0v) is 17.9. The molecule has 0 radical (unpaired) electrons. The van der Waals surface area contributed by atoms with Crippen molar-refractivity contribution < 1.29 is 9.21 Å². The zero-order valence-electron chi connectivity index (χ0n) is 17.9. The van der Waals surface area contributed by atoms with Gasteiger partial charge in [0.25, 0.3) is 0 Å². The summed E-state index contributed by atoms with van der Waals surface area (Å²) in [5, 5.41) is 0. The van der Waals surface area contributed by atoms with Gasteiger partial charge in [-0.05, 0) is 36.3 Å². The van der Waals surface area contributed by atoms with Crippen molar-refractivity contribution in [2.45, 2.75) is 52.0 Å². The third kappa shape index (κ3) is 4.81. The highest BCUT2D eigenvalue weighted by Crippen LogP contribution is 2.32. The molecule has 2 heterocycles. The van der Waals surface area contributed by atoms with Gasteiger partial charge >= 0.3 is 0 Å². The maximum atomic E-state index is 12.9. The second-order valence-corrected chi connectivity index (χ2v) is 8.57. The first-order chi connectivity index (χ1) is 14.6. The van der Waals surface area contributed by atoms with Crippen LogP contribution in [-0.4, -0.2) is 22.3 Å². The minimum Gasteiger partial charge on any atom is -0.441 e. The lowest BCUT2D eigenvalue weighted by Crippen LogP contribution is -2.30. The van der Waals surface area contributed by atoms with E-state index in [1.807, 2.05) is 23.1 Å². The van der Waals surface area contributed by atoms with Crippen LogP contribution in [0.3, 0.4) is 0 Å². The molecule has 4 rings (SSSR count). The number of nitrogens with zero attached hydrogens (tertiary/aromatic N) is 2. The van der Waals surface area contributed by atoms with Crippen molar-refractivity contribution in [3.05, 3.63) is 77.8 Å². The van der Waals surface area contributed by atoms with E-state index in [0.29, 0.717) is 24.7 Å². The molecule has 1 aliphatic rings. The summed E-state index contributed by atoms with van der Waals surface area (Å²) >= 11 is 0. The molecule has 1 saturated heterocycles. The summed E-state index contributed by atoms with van der Waals surface area (Å²) in [5.74, 6) is 2.21. The second-order valence-electron chi connectivity index (χ2n) is 8.57. The Kier molecular flexibility index (Phi) is 6.32. The van der Waals surface area contributed by atoms with Crippen LogP contribution >= 0.6 is 0 Å². The molecule has 1 fully saturated rings. The summed E-state index contributed by atoms with van der Waals surface area (Å²) in [6, 6.07) is 19.0. The molecule has 0 spiro atoms. The molecule has 3 aromatic rings. The van der Waals surface area contributed by atoms with Gasteiger partial charge in [-0.3, -0.25) is 4.79 Å². The predicted octanol–water partition coefficient (Wildman–Crippen LogP) is 5.84. The minimum absolute atomic E-state index is 0.180. The van der Waals surface area contributed by atoms with Gasteiger partial charge in [0.1, 0.15) is 0 Å². The van der Waals surface area contributed by atoms with Gasteiger partial charge in [-0.1, -0.05) is 68.4 Å². The number of aromatic nitrogens is 1. The molecule has 1 aromatic heterocycles. The Morgan fingerprint density at radius 1 is 1.13 bits per heavy atom. The van der Waals surface area contributed by atoms with E-state index in [9.17, 15) is 4.79 Å². The number of hydrogen-bond acceptors (Lipinski definition) is 3. The molecule has 4 heteroatoms. The topological polar surface area (TPSA) is 46.3 Å². The summed E-state index contributed by atoms with van der Waals surface area (Å²) < 4.78 is 5.93. The van der Waals surface area contributed by atoms with Crippen LogP contribution in [0.15, 0.2) is 65.2 Å². The van der Waals surface area contributed by atoms with Crippen molar-refractivity contribution in [1.82, 2.24) is 9.88 Å². The molecule has 30 heavy (non-hydrogen) atoms. The van der Waals surface area contributed by atoms with Crippen molar-refractivity contribution in [1.29, 1.82) is 0 Å². The van der Waals surface area contributed by atoms with Crippen LogP contribution in [0.25, 0.3) is 11.3 Å². The van der Waals surface area contributed by atoms with E-state index in [1.165, 1.54) is 11.1 Å². The van der Waals surface area contributed by atoms with Crippen LogP contribution in [0.4, 0.5) is 0 Å². The molecular formula is C26H30N2O2. The first-order valence-corrected chi connectivity index (χ1v) is 11.0. The third-order valence-corrected chi connectivity index (χ3v) is 5.75. The number of aryl methyl sites for hydroxylation is 1. The van der Waals surface area contributed by atoms with Crippen molar-refractivity contribution >= 4 is 5.91 Å². The number of carbonyl (C=O) groups excluding carboxylic acids is 1. The molecule has 1 aliphatic heterocycles. The van der Waals surface area contributed by atoms with Crippen molar-refractivity contribution in [2.24, 2.45) is 5.92 Å². The lowest BCUT2D eigenvalue weighted by atomic mass is 10.0. The lowest BCUT2D eigenvalue weighted by Gasteiger charge is -2.25. The summed E-state index contributed by atoms with van der Waals surface area (Å²) in [6.07, 6.45) is 5.89. The Balaban J connectivity index is 1.35. The lowest BCUT2D eigenvalue weighted by molar-refractivity contribution is -0.132. The number of rotatable bonds is 7. The van der Waals surface area contributed by atoms with Crippen LogP contribution in [0, 0.1) is 5.92 Å². The van der Waals surface area contributed by atoms with Gasteiger partial charge in [0.05, 0.1) is 12.2 Å². The third-order valence-electron chi connectivity index (χ3n) is 5.75. The van der Waals surface area contributed by atoms with Gasteiger partial charge in [0, 0.05) is 24.9 Å². The number of carbonyl (C=O) groups is 1. The van der Waals surface area contributed by atoms with Crippen LogP contribution in [0.2, 0.25) is 0 Å². The van der Waals surface area contributed by atoms with Crippen molar-refractivity contribution in [2.75, 3.05) is 6.54 Å². The fraction of sp³-hybridized carbons (Fsp3) is 0.385. The highest BCUT2D eigenvalue weighted by molar-refractivity contribution is 5.77. The number of hydrogen-bond donors (Lipinski definition) is 0. The number of amides is 1. The number of oxazole rings is 1. The molecule has 1 unspecified atom stereocenters. The van der Waals surface area contributed by atoms with Gasteiger partial charge in [0.15, 0.2) is 11.7 Å². The molecule has 0 N–H and O–H groups in total. The van der Waals surface area contributed by atoms with E-state index < -0.39 is 0 Å². The molecular weight excluding hydrogens is 372 g/mol. The van der Waals surface area contributed by atoms with Gasteiger partial charge in [-0.15, -0.1) is 0 Å². The van der Waals surface area contributed by atoms with Gasteiger partial charge < -0.3 is 9.32 Å².